The molecule has 0 fully saturated rings. The van der Waals surface area contributed by atoms with Crippen molar-refractivity contribution in [2.75, 3.05) is 49.2 Å². The fourth-order valence-electron chi connectivity index (χ4n) is 3.90. The Morgan fingerprint density at radius 2 is 1.25 bits per heavy atom. The number of aliphatic carboxylic acids is 4. The Morgan fingerprint density at radius 1 is 0.750 bits per heavy atom. The van der Waals surface area contributed by atoms with Crippen molar-refractivity contribution in [1.82, 2.24) is 0 Å². The van der Waals surface area contributed by atoms with Crippen LogP contribution in [0.15, 0.2) is 40.8 Å². The van der Waals surface area contributed by atoms with Gasteiger partial charge in [0.05, 0.1) is 11.4 Å². The second-order valence-electron chi connectivity index (χ2n) is 8.58. The van der Waals surface area contributed by atoms with E-state index in [1.807, 2.05) is 0 Å². The van der Waals surface area contributed by atoms with Crippen LogP contribution in [0.25, 0.3) is 11.0 Å². The van der Waals surface area contributed by atoms with Crippen molar-refractivity contribution in [2.24, 2.45) is 0 Å². The molecule has 40 heavy (non-hydrogen) atoms. The summed E-state index contributed by atoms with van der Waals surface area (Å²) in [6, 6.07) is 9.11. The molecule has 0 saturated heterocycles. The minimum atomic E-state index is -1.29. The number of nitrogens with zero attached hydrogens (tertiary/aromatic N) is 2. The van der Waals surface area contributed by atoms with E-state index in [-0.39, 0.29) is 47.4 Å². The highest BCUT2D eigenvalue weighted by Gasteiger charge is 2.22. The molecule has 14 nitrogen and oxygen atoms in total. The molecule has 0 radical (unpaired) electrons. The van der Waals surface area contributed by atoms with E-state index in [9.17, 15) is 44.4 Å². The lowest BCUT2D eigenvalue weighted by Gasteiger charge is -2.25. The summed E-state index contributed by atoms with van der Waals surface area (Å²) in [6.07, 6.45) is 0.484. The number of aryl methyl sites for hydroxylation is 1. The number of ether oxygens (including phenoxy) is 2. The number of anilines is 2. The van der Waals surface area contributed by atoms with E-state index in [1.54, 1.807) is 25.1 Å². The topological polar surface area (TPSA) is 204 Å². The predicted molar refractivity (Wildman–Crippen MR) is 139 cm³/mol. The van der Waals surface area contributed by atoms with E-state index in [0.717, 1.165) is 15.4 Å². The standard InChI is InChI=1S/C26H26N2O12/c1-15-2-3-18(27(10-23(30)31)11-24(32)33)21(6-15)38-4-5-39-22-8-16-7-17(14-29)40-20(16)9-19(22)28(12-25(34)35)13-26(36)37/h2-3,6-9,14H,4-5,10-13H2,1H3,(H,30,31)(H,32,33)(H,34,35)(H,36,37). The van der Waals surface area contributed by atoms with E-state index >= 15 is 0 Å². The molecule has 0 saturated carbocycles. The van der Waals surface area contributed by atoms with Gasteiger partial charge in [0.1, 0.15) is 56.5 Å². The number of carbonyl (C=O) groups excluding carboxylic acids is 1. The Hall–Kier alpha value is -5.27. The summed E-state index contributed by atoms with van der Waals surface area (Å²) in [6.45, 7) is -0.959. The average molecular weight is 558 g/mol. The highest BCUT2D eigenvalue weighted by Crippen LogP contribution is 2.35. The Labute approximate surface area is 226 Å². The zero-order valence-electron chi connectivity index (χ0n) is 21.2. The van der Waals surface area contributed by atoms with Crippen molar-refractivity contribution in [3.8, 4) is 11.5 Å². The fraction of sp³-hybridized carbons (Fsp3) is 0.269. The van der Waals surface area contributed by atoms with Crippen LogP contribution in [0.5, 0.6) is 11.5 Å². The molecule has 0 bridgehead atoms. The molecule has 1 aromatic heterocycles. The third kappa shape index (κ3) is 7.86. The van der Waals surface area contributed by atoms with Gasteiger partial charge in [0.15, 0.2) is 12.0 Å². The lowest BCUT2D eigenvalue weighted by molar-refractivity contribution is -0.138. The number of carbonyl (C=O) groups is 5. The van der Waals surface area contributed by atoms with Gasteiger partial charge in [-0.3, -0.25) is 24.0 Å². The summed E-state index contributed by atoms with van der Waals surface area (Å²) in [5.41, 5.74) is 1.31. The van der Waals surface area contributed by atoms with Crippen molar-refractivity contribution in [3.63, 3.8) is 0 Å². The maximum atomic E-state index is 11.4. The summed E-state index contributed by atoms with van der Waals surface area (Å²) < 4.78 is 17.0. The lowest BCUT2D eigenvalue weighted by Crippen LogP contribution is -2.35. The molecule has 0 atom stereocenters. The van der Waals surface area contributed by atoms with Gasteiger partial charge < -0.3 is 44.1 Å². The number of furan rings is 1. The van der Waals surface area contributed by atoms with Crippen LogP contribution < -0.4 is 19.3 Å². The number of aldehydes is 1. The molecule has 0 amide bonds. The van der Waals surface area contributed by atoms with E-state index in [0.29, 0.717) is 11.7 Å². The number of hydrogen-bond acceptors (Lipinski definition) is 10. The van der Waals surface area contributed by atoms with Crippen LogP contribution in [0, 0.1) is 6.92 Å². The molecular weight excluding hydrogens is 532 g/mol. The van der Waals surface area contributed by atoms with E-state index < -0.39 is 50.1 Å². The highest BCUT2D eigenvalue weighted by molar-refractivity contribution is 5.91. The minimum Gasteiger partial charge on any atom is -0.488 e. The molecule has 212 valence electrons. The highest BCUT2D eigenvalue weighted by atomic mass is 16.5. The third-order valence-corrected chi connectivity index (χ3v) is 5.43. The molecule has 3 aromatic rings. The molecule has 0 aliphatic rings. The van der Waals surface area contributed by atoms with Gasteiger partial charge in [0.2, 0.25) is 0 Å². The van der Waals surface area contributed by atoms with Crippen LogP contribution >= 0.6 is 0 Å². The minimum absolute atomic E-state index is 0.00343. The monoisotopic (exact) mass is 558 g/mol. The van der Waals surface area contributed by atoms with Gasteiger partial charge >= 0.3 is 23.9 Å². The van der Waals surface area contributed by atoms with Gasteiger partial charge in [-0.2, -0.15) is 0 Å². The van der Waals surface area contributed by atoms with Gasteiger partial charge in [-0.25, -0.2) is 0 Å². The normalized spacial score (nSPS) is 10.6. The second-order valence-corrected chi connectivity index (χ2v) is 8.58. The van der Waals surface area contributed by atoms with Crippen LogP contribution in [-0.4, -0.2) is 90.0 Å². The first-order valence-corrected chi connectivity index (χ1v) is 11.7. The molecule has 4 N–H and O–H groups in total. The van der Waals surface area contributed by atoms with Crippen molar-refractivity contribution < 1.29 is 58.3 Å². The van der Waals surface area contributed by atoms with Crippen LogP contribution in [0.1, 0.15) is 16.1 Å². The zero-order chi connectivity index (χ0) is 29.4. The van der Waals surface area contributed by atoms with E-state index in [4.69, 9.17) is 13.9 Å². The van der Waals surface area contributed by atoms with Crippen LogP contribution in [0.2, 0.25) is 0 Å². The van der Waals surface area contributed by atoms with E-state index in [1.165, 1.54) is 18.2 Å². The molecule has 0 aliphatic heterocycles. The number of rotatable bonds is 16. The number of hydrogen-bond donors (Lipinski definition) is 4. The summed E-state index contributed by atoms with van der Waals surface area (Å²) in [5, 5.41) is 37.5. The zero-order valence-corrected chi connectivity index (χ0v) is 21.2. The Morgan fingerprint density at radius 3 is 1.75 bits per heavy atom. The lowest BCUT2D eigenvalue weighted by atomic mass is 10.2. The fourth-order valence-corrected chi connectivity index (χ4v) is 3.90. The third-order valence-electron chi connectivity index (χ3n) is 5.43. The van der Waals surface area contributed by atoms with Gasteiger partial charge in [-0.05, 0) is 36.8 Å². The number of benzene rings is 2. The SMILES string of the molecule is Cc1ccc(N(CC(=O)O)CC(=O)O)c(OCCOc2cc3cc(C=O)oc3cc2N(CC(=O)O)CC(=O)O)c1. The molecule has 14 heteroatoms. The number of carboxylic acid groups (broad SMARTS) is 4. The van der Waals surface area contributed by atoms with Crippen molar-refractivity contribution >= 4 is 52.5 Å². The van der Waals surface area contributed by atoms with Crippen molar-refractivity contribution in [2.45, 2.75) is 6.92 Å². The van der Waals surface area contributed by atoms with Crippen LogP contribution in [0.4, 0.5) is 11.4 Å². The second kappa shape index (κ2) is 13.0. The summed E-state index contributed by atoms with van der Waals surface area (Å²) in [4.78, 5) is 58.8. The summed E-state index contributed by atoms with van der Waals surface area (Å²) in [5.74, 6) is -4.73. The quantitative estimate of drug-likeness (QED) is 0.147. The Balaban J connectivity index is 1.86. The maximum Gasteiger partial charge on any atom is 0.323 e. The van der Waals surface area contributed by atoms with Gasteiger partial charge in [-0.15, -0.1) is 0 Å². The molecule has 0 spiro atoms. The summed E-state index contributed by atoms with van der Waals surface area (Å²) >= 11 is 0. The van der Waals surface area contributed by atoms with Gasteiger partial charge in [-0.1, -0.05) is 6.07 Å². The number of carboxylic acids is 4. The molecule has 2 aromatic carbocycles. The van der Waals surface area contributed by atoms with Gasteiger partial charge in [0, 0.05) is 11.5 Å². The molecule has 1 heterocycles. The Kier molecular flexibility index (Phi) is 9.52. The molecule has 0 aliphatic carbocycles. The Bertz CT molecular complexity index is 1400. The molecule has 3 rings (SSSR count). The van der Waals surface area contributed by atoms with Crippen LogP contribution in [-0.2, 0) is 19.2 Å². The number of fused-ring (bicyclic) bond motifs is 1. The van der Waals surface area contributed by atoms with Gasteiger partial charge in [0.25, 0.3) is 0 Å². The molecule has 0 unspecified atom stereocenters. The van der Waals surface area contributed by atoms with Crippen LogP contribution in [0.3, 0.4) is 0 Å². The van der Waals surface area contributed by atoms with Crippen molar-refractivity contribution in [3.05, 3.63) is 47.7 Å². The summed E-state index contributed by atoms with van der Waals surface area (Å²) in [7, 11) is 0. The average Bonchev–Trinajstić information content (AvgIpc) is 3.26. The molecular formula is C26H26N2O12. The largest absolute Gasteiger partial charge is 0.488 e. The maximum absolute atomic E-state index is 11.4. The first-order valence-electron chi connectivity index (χ1n) is 11.7. The first kappa shape index (κ1) is 29.3. The smallest absolute Gasteiger partial charge is 0.323 e. The predicted octanol–water partition coefficient (Wildman–Crippen LogP) is 1.96. The van der Waals surface area contributed by atoms with Crippen molar-refractivity contribution in [1.29, 1.82) is 0 Å². The van der Waals surface area contributed by atoms with E-state index in [2.05, 4.69) is 0 Å². The first-order chi connectivity index (χ1) is 19.0.